The fourth-order valence-corrected chi connectivity index (χ4v) is 3.96. The summed E-state index contributed by atoms with van der Waals surface area (Å²) < 4.78 is 4.58. The van der Waals surface area contributed by atoms with E-state index in [1.807, 2.05) is 0 Å². The highest BCUT2D eigenvalue weighted by molar-refractivity contribution is 6.35. The van der Waals surface area contributed by atoms with E-state index in [9.17, 15) is 14.7 Å². The Hall–Kier alpha value is -0.900. The SMILES string of the molecule is CCC1CC2(O)CCCC(C(=O)C(=O)OC)(C1)C2. The maximum absolute atomic E-state index is 12.3. The summed E-state index contributed by atoms with van der Waals surface area (Å²) in [5.74, 6) is -0.852. The largest absolute Gasteiger partial charge is 0.463 e. The van der Waals surface area contributed by atoms with Gasteiger partial charge >= 0.3 is 5.97 Å². The van der Waals surface area contributed by atoms with Crippen LogP contribution in [0.1, 0.15) is 51.9 Å². The summed E-state index contributed by atoms with van der Waals surface area (Å²) >= 11 is 0. The summed E-state index contributed by atoms with van der Waals surface area (Å²) in [6.45, 7) is 2.07. The molecule has 2 saturated carbocycles. The smallest absolute Gasteiger partial charge is 0.374 e. The Bertz CT molecular complexity index is 365. The predicted octanol–water partition coefficient (Wildman–Crippen LogP) is 1.84. The van der Waals surface area contributed by atoms with E-state index in [1.165, 1.54) is 7.11 Å². The number of hydrogen-bond donors (Lipinski definition) is 1. The maximum Gasteiger partial charge on any atom is 0.374 e. The molecule has 0 heterocycles. The van der Waals surface area contributed by atoms with E-state index in [4.69, 9.17) is 0 Å². The third-order valence-electron chi connectivity index (χ3n) is 4.74. The summed E-state index contributed by atoms with van der Waals surface area (Å²) in [6.07, 6.45) is 5.14. The Morgan fingerprint density at radius 1 is 1.33 bits per heavy atom. The van der Waals surface area contributed by atoms with Crippen LogP contribution in [0, 0.1) is 11.3 Å². The van der Waals surface area contributed by atoms with E-state index in [1.54, 1.807) is 0 Å². The molecule has 0 amide bonds. The number of fused-ring (bicyclic) bond motifs is 2. The van der Waals surface area contributed by atoms with Crippen molar-refractivity contribution in [2.45, 2.75) is 57.5 Å². The lowest BCUT2D eigenvalue weighted by Gasteiger charge is -2.51. The molecule has 0 saturated heterocycles. The Kier molecular flexibility index (Phi) is 3.49. The molecule has 0 radical (unpaired) electrons. The number of hydrogen-bond acceptors (Lipinski definition) is 4. The Morgan fingerprint density at radius 2 is 2.06 bits per heavy atom. The minimum absolute atomic E-state index is 0.331. The standard InChI is InChI=1S/C14H22O4/c1-3-10-7-13(11(15)12(16)18-2)5-4-6-14(17,8-10)9-13/h10,17H,3-9H2,1-2H3. The Morgan fingerprint density at radius 3 is 2.67 bits per heavy atom. The molecule has 2 fully saturated rings. The van der Waals surface area contributed by atoms with Crippen LogP contribution in [0.3, 0.4) is 0 Å². The van der Waals surface area contributed by atoms with Crippen LogP contribution >= 0.6 is 0 Å². The fourth-order valence-electron chi connectivity index (χ4n) is 3.96. The second-order valence-electron chi connectivity index (χ2n) is 6.04. The highest BCUT2D eigenvalue weighted by Crippen LogP contribution is 2.54. The van der Waals surface area contributed by atoms with Crippen molar-refractivity contribution in [3.63, 3.8) is 0 Å². The molecular weight excluding hydrogens is 232 g/mol. The molecule has 0 aromatic heterocycles. The summed E-state index contributed by atoms with van der Waals surface area (Å²) in [4.78, 5) is 23.8. The van der Waals surface area contributed by atoms with Gasteiger partial charge in [0.15, 0.2) is 0 Å². The molecule has 2 aliphatic rings. The number of ether oxygens (including phenoxy) is 1. The van der Waals surface area contributed by atoms with Crippen LogP contribution in [0.15, 0.2) is 0 Å². The maximum atomic E-state index is 12.3. The van der Waals surface area contributed by atoms with Crippen LogP contribution in [0.25, 0.3) is 0 Å². The number of ketones is 1. The van der Waals surface area contributed by atoms with Gasteiger partial charge in [-0.25, -0.2) is 4.79 Å². The zero-order valence-corrected chi connectivity index (χ0v) is 11.2. The van der Waals surface area contributed by atoms with Gasteiger partial charge in [-0.05, 0) is 44.4 Å². The van der Waals surface area contributed by atoms with E-state index in [0.29, 0.717) is 18.8 Å². The van der Waals surface area contributed by atoms with Gasteiger partial charge in [0.2, 0.25) is 5.78 Å². The summed E-state index contributed by atoms with van der Waals surface area (Å²) in [5, 5.41) is 10.6. The number of esters is 1. The third-order valence-corrected chi connectivity index (χ3v) is 4.74. The van der Waals surface area contributed by atoms with Gasteiger partial charge in [-0.1, -0.05) is 13.3 Å². The van der Waals surface area contributed by atoms with Crippen molar-refractivity contribution in [2.75, 3.05) is 7.11 Å². The first-order chi connectivity index (χ1) is 8.45. The lowest BCUT2D eigenvalue weighted by molar-refractivity contribution is -0.167. The number of aliphatic hydroxyl groups is 1. The number of carbonyl (C=O) groups is 2. The zero-order valence-electron chi connectivity index (χ0n) is 11.2. The molecule has 102 valence electrons. The van der Waals surface area contributed by atoms with Crippen LogP contribution in [-0.2, 0) is 14.3 Å². The molecule has 2 rings (SSSR count). The number of carbonyl (C=O) groups excluding carboxylic acids is 2. The number of rotatable bonds is 3. The molecule has 4 heteroatoms. The van der Waals surface area contributed by atoms with E-state index >= 15 is 0 Å². The van der Waals surface area contributed by atoms with Crippen LogP contribution in [0.2, 0.25) is 0 Å². The van der Waals surface area contributed by atoms with Crippen LogP contribution < -0.4 is 0 Å². The van der Waals surface area contributed by atoms with Gasteiger partial charge in [-0.2, -0.15) is 0 Å². The molecule has 0 aliphatic heterocycles. The van der Waals surface area contributed by atoms with Crippen LogP contribution in [0.4, 0.5) is 0 Å². The molecule has 2 bridgehead atoms. The van der Waals surface area contributed by atoms with Crippen molar-refractivity contribution in [1.82, 2.24) is 0 Å². The Balaban J connectivity index is 2.28. The van der Waals surface area contributed by atoms with Gasteiger partial charge in [-0.15, -0.1) is 0 Å². The van der Waals surface area contributed by atoms with Crippen molar-refractivity contribution in [3.05, 3.63) is 0 Å². The average Bonchev–Trinajstić information content (AvgIpc) is 2.35. The van der Waals surface area contributed by atoms with Crippen molar-refractivity contribution < 1.29 is 19.4 Å². The number of Topliss-reactive ketones (excluding diaryl/α,β-unsaturated/α-hetero) is 1. The minimum atomic E-state index is -0.754. The molecular formula is C14H22O4. The molecule has 3 unspecified atom stereocenters. The highest BCUT2D eigenvalue weighted by atomic mass is 16.5. The van der Waals surface area contributed by atoms with Gasteiger partial charge in [0.1, 0.15) is 0 Å². The second kappa shape index (κ2) is 4.65. The van der Waals surface area contributed by atoms with E-state index in [2.05, 4.69) is 11.7 Å². The highest BCUT2D eigenvalue weighted by Gasteiger charge is 2.55. The number of methoxy groups -OCH3 is 1. The van der Waals surface area contributed by atoms with Crippen molar-refractivity contribution >= 4 is 11.8 Å². The van der Waals surface area contributed by atoms with E-state index < -0.39 is 22.8 Å². The van der Waals surface area contributed by atoms with Crippen LogP contribution in [0.5, 0.6) is 0 Å². The van der Waals surface area contributed by atoms with Gasteiger partial charge in [-0.3, -0.25) is 4.79 Å². The first-order valence-corrected chi connectivity index (χ1v) is 6.80. The van der Waals surface area contributed by atoms with Crippen LogP contribution in [-0.4, -0.2) is 29.6 Å². The molecule has 1 N–H and O–H groups in total. The quantitative estimate of drug-likeness (QED) is 0.616. The molecule has 2 aliphatic carbocycles. The molecule has 4 nitrogen and oxygen atoms in total. The van der Waals surface area contributed by atoms with Gasteiger partial charge in [0.25, 0.3) is 0 Å². The van der Waals surface area contributed by atoms with Crippen molar-refractivity contribution in [3.8, 4) is 0 Å². The second-order valence-corrected chi connectivity index (χ2v) is 6.04. The molecule has 18 heavy (non-hydrogen) atoms. The minimum Gasteiger partial charge on any atom is -0.463 e. The Labute approximate surface area is 108 Å². The summed E-state index contributed by atoms with van der Waals surface area (Å²) in [5.41, 5.74) is -1.42. The summed E-state index contributed by atoms with van der Waals surface area (Å²) in [6, 6.07) is 0. The van der Waals surface area contributed by atoms with Gasteiger partial charge in [0, 0.05) is 5.41 Å². The first-order valence-electron chi connectivity index (χ1n) is 6.80. The topological polar surface area (TPSA) is 63.6 Å². The zero-order chi connectivity index (χ0) is 13.4. The summed E-state index contributed by atoms with van der Waals surface area (Å²) in [7, 11) is 1.24. The molecule has 0 aromatic rings. The fraction of sp³-hybridized carbons (Fsp3) is 0.857. The van der Waals surface area contributed by atoms with E-state index in [-0.39, 0.29) is 0 Å². The molecule has 0 spiro atoms. The van der Waals surface area contributed by atoms with Crippen molar-refractivity contribution in [1.29, 1.82) is 0 Å². The van der Waals surface area contributed by atoms with Gasteiger partial charge in [0.05, 0.1) is 12.7 Å². The first kappa shape index (κ1) is 13.5. The monoisotopic (exact) mass is 254 g/mol. The van der Waals surface area contributed by atoms with E-state index in [0.717, 1.165) is 32.1 Å². The predicted molar refractivity (Wildman–Crippen MR) is 65.9 cm³/mol. The molecule has 0 aromatic carbocycles. The van der Waals surface area contributed by atoms with Crippen molar-refractivity contribution in [2.24, 2.45) is 11.3 Å². The average molecular weight is 254 g/mol. The third kappa shape index (κ3) is 2.18. The lowest BCUT2D eigenvalue weighted by atomic mass is 9.55. The molecule has 3 atom stereocenters. The van der Waals surface area contributed by atoms with Gasteiger partial charge < -0.3 is 9.84 Å². The lowest BCUT2D eigenvalue weighted by Crippen LogP contribution is -2.53. The normalized spacial score (nSPS) is 39.2.